The van der Waals surface area contributed by atoms with Crippen molar-refractivity contribution in [3.63, 3.8) is 0 Å². The largest absolute Gasteiger partial charge is 0.364 e. The second-order valence-electron chi connectivity index (χ2n) is 4.25. The summed E-state index contributed by atoms with van der Waals surface area (Å²) in [6, 6.07) is 0. The van der Waals surface area contributed by atoms with Gasteiger partial charge in [-0.1, -0.05) is 43.2 Å². The van der Waals surface area contributed by atoms with Crippen molar-refractivity contribution in [2.24, 2.45) is 5.92 Å². The van der Waals surface area contributed by atoms with Crippen molar-refractivity contribution >= 4 is 34.1 Å². The summed E-state index contributed by atoms with van der Waals surface area (Å²) in [6.07, 6.45) is 5.92. The van der Waals surface area contributed by atoms with Crippen LogP contribution in [0.25, 0.3) is 0 Å². The summed E-state index contributed by atoms with van der Waals surface area (Å²) in [6.45, 7) is 0. The highest BCUT2D eigenvalue weighted by Crippen LogP contribution is 2.25. The zero-order valence-corrected chi connectivity index (χ0v) is 11.1. The van der Waals surface area contributed by atoms with Crippen LogP contribution in [0.2, 0.25) is 0 Å². The molecule has 0 aromatic carbocycles. The molecule has 1 fully saturated rings. The fourth-order valence-electron chi connectivity index (χ4n) is 1.80. The number of thioether (sulfide) groups is 1. The van der Waals surface area contributed by atoms with Gasteiger partial charge >= 0.3 is 0 Å². The summed E-state index contributed by atoms with van der Waals surface area (Å²) >= 11 is 6.63. The summed E-state index contributed by atoms with van der Waals surface area (Å²) in [4.78, 5) is 13.7. The summed E-state index contributed by atoms with van der Waals surface area (Å²) in [5.74, 6) is 1.27. The van der Waals surface area contributed by atoms with Crippen LogP contribution in [0.15, 0.2) is 0 Å². The minimum atomic E-state index is 0.316. The molecule has 15 heavy (non-hydrogen) atoms. The normalized spacial score (nSPS) is 17.5. The third-order valence-electron chi connectivity index (χ3n) is 2.76. The van der Waals surface area contributed by atoms with Crippen molar-refractivity contribution in [3.8, 4) is 0 Å². The van der Waals surface area contributed by atoms with E-state index in [1.54, 1.807) is 0 Å². The Labute approximate surface area is 102 Å². The van der Waals surface area contributed by atoms with Gasteiger partial charge in [-0.2, -0.15) is 0 Å². The van der Waals surface area contributed by atoms with Gasteiger partial charge in [-0.25, -0.2) is 0 Å². The third kappa shape index (κ3) is 4.51. The zero-order chi connectivity index (χ0) is 11.3. The minimum absolute atomic E-state index is 0.316. The molecule has 1 rings (SSSR count). The summed E-state index contributed by atoms with van der Waals surface area (Å²) in [5.41, 5.74) is 0. The monoisotopic (exact) mass is 245 g/mol. The number of thiocarbonyl (C=S) groups is 1. The first-order valence-electron chi connectivity index (χ1n) is 5.48. The van der Waals surface area contributed by atoms with Crippen LogP contribution < -0.4 is 0 Å². The highest BCUT2D eigenvalue weighted by atomic mass is 32.2. The molecule has 0 bridgehead atoms. The van der Waals surface area contributed by atoms with E-state index in [1.165, 1.54) is 31.0 Å². The predicted molar refractivity (Wildman–Crippen MR) is 70.3 cm³/mol. The topological polar surface area (TPSA) is 20.3 Å². The number of carbonyl (C=O) groups excluding carboxylic acids is 1. The third-order valence-corrected chi connectivity index (χ3v) is 4.52. The molecular formula is C11H19NOS2. The fourth-order valence-corrected chi connectivity index (χ4v) is 2.74. The molecule has 0 N–H and O–H groups in total. The van der Waals surface area contributed by atoms with E-state index in [2.05, 4.69) is 0 Å². The summed E-state index contributed by atoms with van der Waals surface area (Å²) < 4.78 is 0.805. The van der Waals surface area contributed by atoms with Crippen LogP contribution in [0.5, 0.6) is 0 Å². The van der Waals surface area contributed by atoms with Crippen molar-refractivity contribution in [3.05, 3.63) is 0 Å². The van der Waals surface area contributed by atoms with Gasteiger partial charge in [0.1, 0.15) is 10.1 Å². The quantitative estimate of drug-likeness (QED) is 0.712. The fraction of sp³-hybridized carbons (Fsp3) is 0.818. The lowest BCUT2D eigenvalue weighted by Crippen LogP contribution is -2.22. The molecule has 1 aliphatic carbocycles. The van der Waals surface area contributed by atoms with Gasteiger partial charge in [-0.3, -0.25) is 4.79 Å². The van der Waals surface area contributed by atoms with Crippen molar-refractivity contribution < 1.29 is 4.79 Å². The van der Waals surface area contributed by atoms with Crippen LogP contribution >= 0.6 is 24.0 Å². The number of ketones is 1. The van der Waals surface area contributed by atoms with Crippen molar-refractivity contribution in [1.82, 2.24) is 4.90 Å². The maximum atomic E-state index is 11.8. The number of hydrogen-bond donors (Lipinski definition) is 0. The van der Waals surface area contributed by atoms with Crippen LogP contribution in [0.1, 0.15) is 32.1 Å². The molecule has 0 aromatic heterocycles. The first kappa shape index (κ1) is 13.0. The SMILES string of the molecule is CN(C)C(=S)SCC(=O)C1CCCCC1. The summed E-state index contributed by atoms with van der Waals surface area (Å²) in [5, 5.41) is 0. The molecule has 0 spiro atoms. The van der Waals surface area contributed by atoms with Crippen LogP contribution in [0, 0.1) is 5.92 Å². The van der Waals surface area contributed by atoms with Crippen LogP contribution in [0.4, 0.5) is 0 Å². The van der Waals surface area contributed by atoms with E-state index >= 15 is 0 Å². The van der Waals surface area contributed by atoms with Gasteiger partial charge in [-0.15, -0.1) is 0 Å². The van der Waals surface area contributed by atoms with Gasteiger partial charge in [-0.05, 0) is 12.8 Å². The Morgan fingerprint density at radius 3 is 2.47 bits per heavy atom. The number of Topliss-reactive ketones (excluding diaryl/α,β-unsaturated/α-hetero) is 1. The standard InChI is InChI=1S/C11H19NOS2/c1-12(2)11(14)15-8-10(13)9-6-4-3-5-7-9/h9H,3-8H2,1-2H3. The lowest BCUT2D eigenvalue weighted by atomic mass is 9.87. The van der Waals surface area contributed by atoms with E-state index < -0.39 is 0 Å². The zero-order valence-electron chi connectivity index (χ0n) is 9.49. The van der Waals surface area contributed by atoms with E-state index in [1.807, 2.05) is 19.0 Å². The van der Waals surface area contributed by atoms with Gasteiger partial charge < -0.3 is 4.90 Å². The highest BCUT2D eigenvalue weighted by Gasteiger charge is 2.21. The lowest BCUT2D eigenvalue weighted by Gasteiger charge is -2.20. The van der Waals surface area contributed by atoms with Gasteiger partial charge in [0.25, 0.3) is 0 Å². The van der Waals surface area contributed by atoms with Gasteiger partial charge in [0.15, 0.2) is 0 Å². The molecule has 0 aliphatic heterocycles. The number of carbonyl (C=O) groups is 1. The Balaban J connectivity index is 2.26. The second-order valence-corrected chi connectivity index (χ2v) is 5.86. The summed E-state index contributed by atoms with van der Waals surface area (Å²) in [7, 11) is 3.83. The lowest BCUT2D eigenvalue weighted by molar-refractivity contribution is -0.121. The van der Waals surface area contributed by atoms with E-state index in [0.717, 1.165) is 17.2 Å². The van der Waals surface area contributed by atoms with E-state index in [-0.39, 0.29) is 0 Å². The van der Waals surface area contributed by atoms with Crippen molar-refractivity contribution in [1.29, 1.82) is 0 Å². The first-order valence-corrected chi connectivity index (χ1v) is 6.87. The van der Waals surface area contributed by atoms with Gasteiger partial charge in [0.2, 0.25) is 0 Å². The molecule has 0 aromatic rings. The minimum Gasteiger partial charge on any atom is -0.364 e. The Hall–Kier alpha value is -0.0900. The molecule has 4 heteroatoms. The molecule has 1 saturated carbocycles. The van der Waals surface area contributed by atoms with E-state index in [4.69, 9.17) is 12.2 Å². The maximum absolute atomic E-state index is 11.8. The average Bonchev–Trinajstić information content (AvgIpc) is 2.26. The maximum Gasteiger partial charge on any atom is 0.146 e. The number of nitrogens with zero attached hydrogens (tertiary/aromatic N) is 1. The predicted octanol–water partition coefficient (Wildman–Crippen LogP) is 2.72. The molecule has 0 heterocycles. The smallest absolute Gasteiger partial charge is 0.146 e. The molecule has 0 radical (unpaired) electrons. The molecule has 0 unspecified atom stereocenters. The van der Waals surface area contributed by atoms with E-state index in [9.17, 15) is 4.79 Å². The molecular weight excluding hydrogens is 226 g/mol. The van der Waals surface area contributed by atoms with Crippen LogP contribution in [-0.4, -0.2) is 34.9 Å². The molecule has 2 nitrogen and oxygen atoms in total. The second kappa shape index (κ2) is 6.48. The van der Waals surface area contributed by atoms with Crippen LogP contribution in [-0.2, 0) is 4.79 Å². The Bertz CT molecular complexity index is 235. The molecule has 0 atom stereocenters. The van der Waals surface area contributed by atoms with Gasteiger partial charge in [0, 0.05) is 20.0 Å². The Kier molecular flexibility index (Phi) is 5.61. The molecule has 1 aliphatic rings. The average molecular weight is 245 g/mol. The first-order chi connectivity index (χ1) is 7.11. The van der Waals surface area contributed by atoms with E-state index in [0.29, 0.717) is 17.5 Å². The Morgan fingerprint density at radius 2 is 1.93 bits per heavy atom. The molecule has 0 amide bonds. The highest BCUT2D eigenvalue weighted by molar-refractivity contribution is 8.23. The molecule has 0 saturated heterocycles. The number of hydrogen-bond acceptors (Lipinski definition) is 3. The van der Waals surface area contributed by atoms with Crippen molar-refractivity contribution in [2.75, 3.05) is 19.8 Å². The Morgan fingerprint density at radius 1 is 1.33 bits per heavy atom. The van der Waals surface area contributed by atoms with Crippen LogP contribution in [0.3, 0.4) is 0 Å². The number of rotatable bonds is 3. The van der Waals surface area contributed by atoms with Gasteiger partial charge in [0.05, 0.1) is 5.75 Å². The van der Waals surface area contributed by atoms with Crippen molar-refractivity contribution in [2.45, 2.75) is 32.1 Å². The molecule has 86 valence electrons.